The molecule has 144 valence electrons. The topological polar surface area (TPSA) is 99.5 Å². The molecular weight excluding hydrogens is 358 g/mol. The lowest BCUT2D eigenvalue weighted by Gasteiger charge is -2.21. The average molecular weight is 379 g/mol. The first kappa shape index (κ1) is 20.6. The number of nitrogens with zero attached hydrogens (tertiary/aromatic N) is 2. The second-order valence-electron chi connectivity index (χ2n) is 6.12. The van der Waals surface area contributed by atoms with Crippen LogP contribution < -0.4 is 10.2 Å². The molecule has 0 aliphatic heterocycles. The van der Waals surface area contributed by atoms with Gasteiger partial charge in [0.1, 0.15) is 0 Å². The number of nitriles is 1. The summed E-state index contributed by atoms with van der Waals surface area (Å²) in [6, 6.07) is 15.5. The number of anilines is 2. The maximum Gasteiger partial charge on any atom is 0.338 e. The molecule has 0 saturated carbocycles. The van der Waals surface area contributed by atoms with Gasteiger partial charge in [-0.2, -0.15) is 5.26 Å². The van der Waals surface area contributed by atoms with Crippen LogP contribution in [0.2, 0.25) is 0 Å². The summed E-state index contributed by atoms with van der Waals surface area (Å²) in [6.45, 7) is 3.09. The monoisotopic (exact) mass is 379 g/mol. The molecule has 0 saturated heterocycles. The zero-order valence-electron chi connectivity index (χ0n) is 15.8. The van der Waals surface area contributed by atoms with Crippen molar-refractivity contribution in [2.45, 2.75) is 20.3 Å². The van der Waals surface area contributed by atoms with E-state index < -0.39 is 18.5 Å². The van der Waals surface area contributed by atoms with Crippen LogP contribution in [0.3, 0.4) is 0 Å². The maximum atomic E-state index is 12.5. The van der Waals surface area contributed by atoms with Crippen LogP contribution in [-0.4, -0.2) is 30.9 Å². The number of carbonyl (C=O) groups excluding carboxylic acids is 3. The fourth-order valence-electron chi connectivity index (χ4n) is 2.47. The molecule has 2 amide bonds. The van der Waals surface area contributed by atoms with Crippen LogP contribution in [0.5, 0.6) is 0 Å². The highest BCUT2D eigenvalue weighted by Gasteiger charge is 2.18. The van der Waals surface area contributed by atoms with Crippen molar-refractivity contribution in [1.29, 1.82) is 5.26 Å². The van der Waals surface area contributed by atoms with E-state index >= 15 is 0 Å². The summed E-state index contributed by atoms with van der Waals surface area (Å²) in [7, 11) is 0. The minimum atomic E-state index is -0.646. The van der Waals surface area contributed by atoms with E-state index in [9.17, 15) is 14.4 Å². The van der Waals surface area contributed by atoms with Crippen molar-refractivity contribution in [2.24, 2.45) is 0 Å². The number of aryl methyl sites for hydroxylation is 1. The molecule has 2 aromatic carbocycles. The third-order valence-corrected chi connectivity index (χ3v) is 3.86. The lowest BCUT2D eigenvalue weighted by molar-refractivity contribution is -0.121. The van der Waals surface area contributed by atoms with E-state index in [1.165, 1.54) is 24.0 Å². The highest BCUT2D eigenvalue weighted by Crippen LogP contribution is 2.16. The normalized spacial score (nSPS) is 9.89. The lowest BCUT2D eigenvalue weighted by atomic mass is 10.2. The first-order valence-electron chi connectivity index (χ1n) is 8.69. The smallest absolute Gasteiger partial charge is 0.338 e. The molecule has 0 spiro atoms. The number of benzene rings is 2. The molecule has 0 fully saturated rings. The maximum absolute atomic E-state index is 12.5. The van der Waals surface area contributed by atoms with Gasteiger partial charge in [0.25, 0.3) is 5.91 Å². The van der Waals surface area contributed by atoms with E-state index in [0.29, 0.717) is 11.4 Å². The summed E-state index contributed by atoms with van der Waals surface area (Å²) in [6.07, 6.45) is 0.165. The molecule has 28 heavy (non-hydrogen) atoms. The molecule has 2 aromatic rings. The summed E-state index contributed by atoms with van der Waals surface area (Å²) in [5.74, 6) is -1.27. The predicted octanol–water partition coefficient (Wildman–Crippen LogP) is 3.06. The Morgan fingerprint density at radius 2 is 1.71 bits per heavy atom. The zero-order chi connectivity index (χ0) is 20.5. The fourth-order valence-corrected chi connectivity index (χ4v) is 2.47. The van der Waals surface area contributed by atoms with Crippen molar-refractivity contribution < 1.29 is 19.1 Å². The molecule has 0 aliphatic rings. The van der Waals surface area contributed by atoms with Crippen molar-refractivity contribution >= 4 is 29.2 Å². The van der Waals surface area contributed by atoms with Gasteiger partial charge in [-0.05, 0) is 43.3 Å². The predicted molar refractivity (Wildman–Crippen MR) is 105 cm³/mol. The fraction of sp³-hybridized carbons (Fsp3) is 0.238. The number of esters is 1. The van der Waals surface area contributed by atoms with Crippen molar-refractivity contribution in [3.8, 4) is 6.07 Å². The number of rotatable bonds is 7. The van der Waals surface area contributed by atoms with Crippen molar-refractivity contribution in [1.82, 2.24) is 0 Å². The first-order valence-corrected chi connectivity index (χ1v) is 8.69. The number of ether oxygens (including phenoxy) is 1. The Morgan fingerprint density at radius 3 is 2.29 bits per heavy atom. The van der Waals surface area contributed by atoms with Crippen LogP contribution >= 0.6 is 0 Å². The molecule has 7 heteroatoms. The Hall–Kier alpha value is -3.66. The number of hydrogen-bond acceptors (Lipinski definition) is 5. The second-order valence-corrected chi connectivity index (χ2v) is 6.12. The van der Waals surface area contributed by atoms with Gasteiger partial charge in [0.2, 0.25) is 5.91 Å². The van der Waals surface area contributed by atoms with Gasteiger partial charge in [0.15, 0.2) is 6.61 Å². The molecule has 0 aliphatic carbocycles. The van der Waals surface area contributed by atoms with E-state index in [-0.39, 0.29) is 24.4 Å². The van der Waals surface area contributed by atoms with Gasteiger partial charge in [-0.25, -0.2) is 4.79 Å². The minimum Gasteiger partial charge on any atom is -0.452 e. The van der Waals surface area contributed by atoms with E-state index in [4.69, 9.17) is 10.00 Å². The third kappa shape index (κ3) is 5.95. The number of hydrogen-bond donors (Lipinski definition) is 1. The summed E-state index contributed by atoms with van der Waals surface area (Å²) >= 11 is 0. The highest BCUT2D eigenvalue weighted by atomic mass is 16.5. The number of carbonyl (C=O) groups is 3. The molecule has 0 heterocycles. The third-order valence-electron chi connectivity index (χ3n) is 3.86. The highest BCUT2D eigenvalue weighted by molar-refractivity contribution is 5.97. The Bertz CT molecular complexity index is 883. The van der Waals surface area contributed by atoms with Crippen molar-refractivity contribution in [2.75, 3.05) is 23.4 Å². The SMILES string of the molecule is CC(=O)Nc1ccc(C(=O)OCC(=O)N(CCC#N)c2ccc(C)cc2)cc1. The quantitative estimate of drug-likeness (QED) is 0.746. The van der Waals surface area contributed by atoms with Crippen molar-refractivity contribution in [3.05, 3.63) is 59.7 Å². The first-order chi connectivity index (χ1) is 13.4. The second kappa shape index (κ2) is 9.88. The van der Waals surface area contributed by atoms with E-state index in [2.05, 4.69) is 5.32 Å². The van der Waals surface area contributed by atoms with Crippen LogP contribution in [0.1, 0.15) is 29.3 Å². The Balaban J connectivity index is 2.00. The van der Waals surface area contributed by atoms with E-state index in [1.807, 2.05) is 25.1 Å². The van der Waals surface area contributed by atoms with Gasteiger partial charge in [-0.1, -0.05) is 17.7 Å². The Morgan fingerprint density at radius 1 is 1.07 bits per heavy atom. The van der Waals surface area contributed by atoms with E-state index in [0.717, 1.165) is 5.56 Å². The molecule has 0 unspecified atom stereocenters. The van der Waals surface area contributed by atoms with Crippen LogP contribution in [-0.2, 0) is 14.3 Å². The summed E-state index contributed by atoms with van der Waals surface area (Å²) in [5.41, 5.74) is 2.51. The average Bonchev–Trinajstić information content (AvgIpc) is 2.67. The molecule has 0 bridgehead atoms. The number of amides is 2. The molecule has 1 N–H and O–H groups in total. The largest absolute Gasteiger partial charge is 0.452 e. The number of nitrogens with one attached hydrogen (secondary N) is 1. The zero-order valence-corrected chi connectivity index (χ0v) is 15.8. The molecule has 7 nitrogen and oxygen atoms in total. The van der Waals surface area contributed by atoms with Crippen LogP contribution in [0.15, 0.2) is 48.5 Å². The Labute approximate surface area is 163 Å². The van der Waals surface area contributed by atoms with Gasteiger partial charge < -0.3 is 15.0 Å². The van der Waals surface area contributed by atoms with Gasteiger partial charge in [-0.3, -0.25) is 9.59 Å². The van der Waals surface area contributed by atoms with Crippen LogP contribution in [0.4, 0.5) is 11.4 Å². The molecule has 0 atom stereocenters. The molecule has 2 rings (SSSR count). The van der Waals surface area contributed by atoms with Crippen LogP contribution in [0.25, 0.3) is 0 Å². The van der Waals surface area contributed by atoms with Gasteiger partial charge >= 0.3 is 5.97 Å². The van der Waals surface area contributed by atoms with Crippen LogP contribution in [0, 0.1) is 18.3 Å². The van der Waals surface area contributed by atoms with E-state index in [1.54, 1.807) is 24.3 Å². The molecule has 0 radical (unpaired) electrons. The minimum absolute atomic E-state index is 0.165. The summed E-state index contributed by atoms with van der Waals surface area (Å²) in [5, 5.41) is 11.4. The summed E-state index contributed by atoms with van der Waals surface area (Å²) in [4.78, 5) is 37.2. The van der Waals surface area contributed by atoms with Gasteiger partial charge in [-0.15, -0.1) is 0 Å². The Kier molecular flexibility index (Phi) is 7.28. The molecular formula is C21H21N3O4. The van der Waals surface area contributed by atoms with Crippen molar-refractivity contribution in [3.63, 3.8) is 0 Å². The van der Waals surface area contributed by atoms with Gasteiger partial charge in [0, 0.05) is 24.8 Å². The summed E-state index contributed by atoms with van der Waals surface area (Å²) < 4.78 is 5.12. The lowest BCUT2D eigenvalue weighted by Crippen LogP contribution is -2.35. The standard InChI is InChI=1S/C21H21N3O4/c1-15-4-10-19(11-5-15)24(13-3-12-22)20(26)14-28-21(27)17-6-8-18(9-7-17)23-16(2)25/h4-11H,3,13-14H2,1-2H3,(H,23,25). The van der Waals surface area contributed by atoms with Gasteiger partial charge in [0.05, 0.1) is 18.1 Å². The molecule has 0 aromatic heterocycles.